The van der Waals surface area contributed by atoms with E-state index in [2.05, 4.69) is 20.8 Å². The van der Waals surface area contributed by atoms with E-state index < -0.39 is 29.9 Å². The molecule has 4 rings (SSSR count). The van der Waals surface area contributed by atoms with Crippen LogP contribution in [0.4, 0.5) is 10.6 Å². The van der Waals surface area contributed by atoms with Crippen LogP contribution in [0, 0.1) is 0 Å². The number of rotatable bonds is 7. The van der Waals surface area contributed by atoms with E-state index >= 15 is 0 Å². The molecule has 4 amide bonds. The third-order valence-corrected chi connectivity index (χ3v) is 5.49. The molecule has 3 N–H and O–H groups in total. The predicted octanol–water partition coefficient (Wildman–Crippen LogP) is 2.50. The summed E-state index contributed by atoms with van der Waals surface area (Å²) >= 11 is 0. The van der Waals surface area contributed by atoms with Crippen molar-refractivity contribution in [2.45, 2.75) is 12.5 Å². The number of amides is 4. The molecule has 10 nitrogen and oxygen atoms in total. The van der Waals surface area contributed by atoms with Gasteiger partial charge in [-0.2, -0.15) is 5.10 Å². The highest BCUT2D eigenvalue weighted by Crippen LogP contribution is 2.31. The van der Waals surface area contributed by atoms with Gasteiger partial charge < -0.3 is 20.1 Å². The second kappa shape index (κ2) is 8.65. The Morgan fingerprint density at radius 1 is 1.09 bits per heavy atom. The van der Waals surface area contributed by atoms with Crippen LogP contribution in [-0.2, 0) is 15.1 Å². The molecule has 1 saturated heterocycles. The molecule has 1 aromatic heterocycles. The Kier molecular flexibility index (Phi) is 5.74. The van der Waals surface area contributed by atoms with Gasteiger partial charge in [-0.05, 0) is 36.8 Å². The number of ether oxygens (including phenoxy) is 2. The quantitative estimate of drug-likeness (QED) is 0.476. The average Bonchev–Trinajstić information content (AvgIpc) is 3.37. The first-order chi connectivity index (χ1) is 15.9. The van der Waals surface area contributed by atoms with E-state index in [0.29, 0.717) is 22.8 Å². The fourth-order valence-electron chi connectivity index (χ4n) is 3.68. The van der Waals surface area contributed by atoms with Gasteiger partial charge in [0.25, 0.3) is 5.91 Å². The molecule has 1 aliphatic rings. The molecule has 0 radical (unpaired) electrons. The number of nitrogens with zero attached hydrogens (tertiary/aromatic N) is 2. The number of aromatic amines is 1. The highest BCUT2D eigenvalue weighted by molar-refractivity contribution is 6.10. The second-order valence-corrected chi connectivity index (χ2v) is 7.59. The normalized spacial score (nSPS) is 17.6. The van der Waals surface area contributed by atoms with Crippen molar-refractivity contribution in [2.75, 3.05) is 26.1 Å². The number of aromatic nitrogens is 2. The Bertz CT molecular complexity index is 1210. The van der Waals surface area contributed by atoms with Crippen molar-refractivity contribution >= 4 is 23.7 Å². The van der Waals surface area contributed by atoms with Crippen molar-refractivity contribution in [1.82, 2.24) is 20.4 Å². The number of benzene rings is 2. The molecule has 33 heavy (non-hydrogen) atoms. The zero-order valence-corrected chi connectivity index (χ0v) is 18.3. The number of carbonyl (C=O) groups is 3. The van der Waals surface area contributed by atoms with Crippen LogP contribution in [0.25, 0.3) is 11.3 Å². The lowest BCUT2D eigenvalue weighted by atomic mass is 9.92. The summed E-state index contributed by atoms with van der Waals surface area (Å²) in [6.07, 6.45) is 0. The van der Waals surface area contributed by atoms with E-state index in [-0.39, 0.29) is 5.82 Å². The molecule has 0 spiro atoms. The summed E-state index contributed by atoms with van der Waals surface area (Å²) in [7, 11) is 3.11. The molecule has 1 atom stereocenters. The van der Waals surface area contributed by atoms with Crippen LogP contribution in [-0.4, -0.2) is 53.7 Å². The monoisotopic (exact) mass is 449 g/mol. The molecule has 1 aliphatic heterocycles. The second-order valence-electron chi connectivity index (χ2n) is 7.59. The van der Waals surface area contributed by atoms with Gasteiger partial charge in [0.2, 0.25) is 5.91 Å². The van der Waals surface area contributed by atoms with E-state index in [0.717, 1.165) is 10.5 Å². The van der Waals surface area contributed by atoms with Crippen LogP contribution in [0.2, 0.25) is 0 Å². The number of carbonyl (C=O) groups excluding carboxylic acids is 3. The van der Waals surface area contributed by atoms with Crippen molar-refractivity contribution < 1.29 is 23.9 Å². The number of hydrogen-bond donors (Lipinski definition) is 3. The minimum atomic E-state index is -1.28. The van der Waals surface area contributed by atoms with Gasteiger partial charge in [-0.25, -0.2) is 4.79 Å². The highest BCUT2D eigenvalue weighted by atomic mass is 16.5. The van der Waals surface area contributed by atoms with E-state index in [9.17, 15) is 14.4 Å². The lowest BCUT2D eigenvalue weighted by molar-refractivity contribution is -0.133. The number of H-pyrrole nitrogens is 1. The van der Waals surface area contributed by atoms with Gasteiger partial charge in [0, 0.05) is 11.6 Å². The highest BCUT2D eigenvalue weighted by Gasteiger charge is 2.49. The van der Waals surface area contributed by atoms with Crippen LogP contribution in [0.15, 0.2) is 54.6 Å². The van der Waals surface area contributed by atoms with Crippen molar-refractivity contribution in [3.05, 3.63) is 60.2 Å². The average molecular weight is 449 g/mol. The predicted molar refractivity (Wildman–Crippen MR) is 120 cm³/mol. The Balaban J connectivity index is 1.45. The Hall–Kier alpha value is -4.34. The van der Waals surface area contributed by atoms with Gasteiger partial charge in [-0.3, -0.25) is 19.6 Å². The molecule has 3 aromatic rings. The minimum Gasteiger partial charge on any atom is -0.497 e. The first kappa shape index (κ1) is 21.9. The van der Waals surface area contributed by atoms with Crippen molar-refractivity contribution in [1.29, 1.82) is 0 Å². The molecular formula is C23H23N5O5. The molecule has 0 aliphatic carbocycles. The van der Waals surface area contributed by atoms with Crippen molar-refractivity contribution in [3.8, 4) is 22.8 Å². The summed E-state index contributed by atoms with van der Waals surface area (Å²) in [4.78, 5) is 39.0. The van der Waals surface area contributed by atoms with E-state index in [4.69, 9.17) is 9.47 Å². The van der Waals surface area contributed by atoms with Crippen LogP contribution < -0.4 is 20.1 Å². The third kappa shape index (κ3) is 4.10. The number of urea groups is 1. The Morgan fingerprint density at radius 2 is 1.82 bits per heavy atom. The van der Waals surface area contributed by atoms with Gasteiger partial charge in [0.15, 0.2) is 5.82 Å². The third-order valence-electron chi connectivity index (χ3n) is 5.49. The fourth-order valence-corrected chi connectivity index (χ4v) is 3.68. The summed E-state index contributed by atoms with van der Waals surface area (Å²) in [5.74, 6) is 0.448. The van der Waals surface area contributed by atoms with Gasteiger partial charge >= 0.3 is 6.03 Å². The fraction of sp³-hybridized carbons (Fsp3) is 0.217. The number of anilines is 1. The molecule has 0 saturated carbocycles. The number of methoxy groups -OCH3 is 2. The van der Waals surface area contributed by atoms with E-state index in [1.54, 1.807) is 44.4 Å². The number of hydrogen-bond acceptors (Lipinski definition) is 6. The van der Waals surface area contributed by atoms with Crippen LogP contribution >= 0.6 is 0 Å². The Morgan fingerprint density at radius 3 is 2.52 bits per heavy atom. The van der Waals surface area contributed by atoms with Crippen LogP contribution in [0.3, 0.4) is 0 Å². The lowest BCUT2D eigenvalue weighted by Gasteiger charge is -2.22. The zero-order chi connectivity index (χ0) is 23.6. The van der Waals surface area contributed by atoms with E-state index in [1.165, 1.54) is 7.11 Å². The van der Waals surface area contributed by atoms with Crippen molar-refractivity contribution in [3.63, 3.8) is 0 Å². The molecule has 10 heteroatoms. The lowest BCUT2D eigenvalue weighted by Crippen LogP contribution is -2.42. The summed E-state index contributed by atoms with van der Waals surface area (Å²) in [6, 6.07) is 15.2. The minimum absolute atomic E-state index is 0.255. The number of para-hydroxylation sites is 1. The number of imide groups is 1. The number of nitrogens with one attached hydrogen (secondary N) is 3. The van der Waals surface area contributed by atoms with Gasteiger partial charge in [-0.15, -0.1) is 0 Å². The van der Waals surface area contributed by atoms with Crippen LogP contribution in [0.5, 0.6) is 11.5 Å². The van der Waals surface area contributed by atoms with Gasteiger partial charge in [0.05, 0.1) is 19.9 Å². The molecule has 1 unspecified atom stereocenters. The maximum Gasteiger partial charge on any atom is 0.325 e. The SMILES string of the molecule is COc1ccc(C2(C)NC(=O)N(CC(=O)Nc3cc(-c4ccccc4OC)[nH]n3)C2=O)cc1. The molecule has 2 heterocycles. The Labute approximate surface area is 189 Å². The summed E-state index contributed by atoms with van der Waals surface area (Å²) in [5, 5.41) is 12.2. The molecule has 1 fully saturated rings. The molecular weight excluding hydrogens is 426 g/mol. The topological polar surface area (TPSA) is 126 Å². The maximum absolute atomic E-state index is 13.0. The largest absolute Gasteiger partial charge is 0.497 e. The van der Waals surface area contributed by atoms with Gasteiger partial charge in [0.1, 0.15) is 23.6 Å². The summed E-state index contributed by atoms with van der Waals surface area (Å²) in [5.41, 5.74) is 0.716. The molecule has 170 valence electrons. The first-order valence-corrected chi connectivity index (χ1v) is 10.1. The van der Waals surface area contributed by atoms with Crippen molar-refractivity contribution in [2.24, 2.45) is 0 Å². The smallest absolute Gasteiger partial charge is 0.325 e. The zero-order valence-electron chi connectivity index (χ0n) is 18.3. The summed E-state index contributed by atoms with van der Waals surface area (Å²) in [6.45, 7) is 1.15. The summed E-state index contributed by atoms with van der Waals surface area (Å²) < 4.78 is 10.5. The first-order valence-electron chi connectivity index (χ1n) is 10.1. The van der Waals surface area contributed by atoms with Gasteiger partial charge in [-0.1, -0.05) is 24.3 Å². The van der Waals surface area contributed by atoms with E-state index in [1.807, 2.05) is 24.3 Å². The standard InChI is InChI=1S/C23H23N5O5/c1-23(14-8-10-15(32-2)11-9-14)21(30)28(22(31)25-23)13-20(29)24-19-12-17(26-27-19)16-6-4-5-7-18(16)33-3/h4-12H,13H2,1-3H3,(H,25,31)(H2,24,26,27,29). The molecule has 0 bridgehead atoms. The maximum atomic E-state index is 13.0. The van der Waals surface area contributed by atoms with Crippen LogP contribution in [0.1, 0.15) is 12.5 Å². The molecule has 2 aromatic carbocycles.